The second-order valence-corrected chi connectivity index (χ2v) is 9.20. The van der Waals surface area contributed by atoms with Gasteiger partial charge in [0.2, 0.25) is 5.88 Å². The predicted octanol–water partition coefficient (Wildman–Crippen LogP) is 4.68. The van der Waals surface area contributed by atoms with Crippen molar-refractivity contribution in [2.75, 3.05) is 4.90 Å². The van der Waals surface area contributed by atoms with Crippen molar-refractivity contribution in [2.24, 2.45) is 5.92 Å². The van der Waals surface area contributed by atoms with Crippen molar-refractivity contribution in [3.63, 3.8) is 0 Å². The van der Waals surface area contributed by atoms with Crippen LogP contribution in [0.3, 0.4) is 0 Å². The van der Waals surface area contributed by atoms with Crippen LogP contribution in [0.1, 0.15) is 30.5 Å². The average Bonchev–Trinajstić information content (AvgIpc) is 3.52. The van der Waals surface area contributed by atoms with Gasteiger partial charge in [-0.15, -0.1) is 0 Å². The van der Waals surface area contributed by atoms with E-state index in [0.717, 1.165) is 49.5 Å². The number of hydrogen-bond acceptors (Lipinski definition) is 6. The van der Waals surface area contributed by atoms with Gasteiger partial charge < -0.3 is 14.4 Å². The Morgan fingerprint density at radius 3 is 2.61 bits per heavy atom. The molecular formula is C24H19F5N4O3. The Balaban J connectivity index is 1.19. The fourth-order valence-electron chi connectivity index (χ4n) is 5.08. The number of ether oxygens (including phenoxy) is 2. The van der Waals surface area contributed by atoms with Gasteiger partial charge in [0, 0.05) is 37.0 Å². The lowest BCUT2D eigenvalue weighted by Crippen LogP contribution is -2.38. The third kappa shape index (κ3) is 4.03. The van der Waals surface area contributed by atoms with Crippen molar-refractivity contribution in [3.05, 3.63) is 69.9 Å². The Morgan fingerprint density at radius 1 is 1.08 bits per heavy atom. The van der Waals surface area contributed by atoms with E-state index in [4.69, 9.17) is 9.47 Å². The monoisotopic (exact) mass is 506 g/mol. The second kappa shape index (κ2) is 8.17. The van der Waals surface area contributed by atoms with Crippen LogP contribution in [0.4, 0.5) is 27.8 Å². The van der Waals surface area contributed by atoms with E-state index < -0.39 is 40.7 Å². The molecule has 1 aliphatic carbocycles. The Kier molecular flexibility index (Phi) is 5.16. The smallest absolute Gasteiger partial charge is 0.433 e. The number of pyridine rings is 1. The van der Waals surface area contributed by atoms with E-state index >= 15 is 0 Å². The summed E-state index contributed by atoms with van der Waals surface area (Å²) >= 11 is 0. The summed E-state index contributed by atoms with van der Waals surface area (Å²) < 4.78 is 80.0. The third-order valence-electron chi connectivity index (χ3n) is 6.82. The molecule has 2 aliphatic heterocycles. The number of halogens is 5. The number of alkyl halides is 3. The van der Waals surface area contributed by atoms with E-state index in [1.165, 1.54) is 0 Å². The van der Waals surface area contributed by atoms with Crippen LogP contribution in [0.2, 0.25) is 0 Å². The first-order valence-electron chi connectivity index (χ1n) is 11.4. The van der Waals surface area contributed by atoms with E-state index in [0.29, 0.717) is 24.6 Å². The highest BCUT2D eigenvalue weighted by Crippen LogP contribution is 2.49. The van der Waals surface area contributed by atoms with Crippen LogP contribution in [0.25, 0.3) is 0 Å². The molecule has 1 aromatic carbocycles. The molecule has 4 heterocycles. The van der Waals surface area contributed by atoms with Crippen molar-refractivity contribution in [1.29, 1.82) is 0 Å². The minimum absolute atomic E-state index is 0.0484. The van der Waals surface area contributed by atoms with Crippen molar-refractivity contribution in [1.82, 2.24) is 14.5 Å². The summed E-state index contributed by atoms with van der Waals surface area (Å²) in [5, 5.41) is 0. The van der Waals surface area contributed by atoms with E-state index in [1.807, 2.05) is 0 Å². The molecule has 0 N–H and O–H groups in total. The SMILES string of the molecule is O=c1nc(OCc2cc(F)c(Oc3ccnc(C(F)(F)F)c3)c(F)c2)cc2n1CC1CCC3CC3N21. The molecule has 0 radical (unpaired) electrons. The summed E-state index contributed by atoms with van der Waals surface area (Å²) in [4.78, 5) is 21.9. The van der Waals surface area contributed by atoms with E-state index in [2.05, 4.69) is 14.9 Å². The number of nitrogens with zero attached hydrogens (tertiary/aromatic N) is 4. The Morgan fingerprint density at radius 2 is 1.86 bits per heavy atom. The number of rotatable bonds is 5. The Bertz CT molecular complexity index is 1390. The highest BCUT2D eigenvalue weighted by Gasteiger charge is 2.51. The van der Waals surface area contributed by atoms with E-state index in [1.54, 1.807) is 10.6 Å². The molecule has 3 atom stereocenters. The summed E-state index contributed by atoms with van der Waals surface area (Å²) in [7, 11) is 0. The van der Waals surface area contributed by atoms with Gasteiger partial charge in [0.1, 0.15) is 23.9 Å². The second-order valence-electron chi connectivity index (χ2n) is 9.20. The number of piperidine rings is 1. The Labute approximate surface area is 201 Å². The highest BCUT2D eigenvalue weighted by atomic mass is 19.4. The molecule has 3 aromatic rings. The molecule has 0 amide bonds. The van der Waals surface area contributed by atoms with Gasteiger partial charge in [0.15, 0.2) is 17.4 Å². The maximum atomic E-state index is 14.6. The van der Waals surface area contributed by atoms with Crippen LogP contribution in [0.5, 0.6) is 17.4 Å². The third-order valence-corrected chi connectivity index (χ3v) is 6.82. The van der Waals surface area contributed by atoms with Crippen molar-refractivity contribution >= 4 is 5.82 Å². The first-order chi connectivity index (χ1) is 17.2. The number of fused-ring (bicyclic) bond motifs is 5. The number of anilines is 1. The standard InChI is InChI=1S/C24H19F5N4O3/c25-16-5-12(6-17(26)22(16)36-15-3-4-30-19(8-15)24(27,28)29)11-35-20-9-21-32(23(34)31-20)10-14-2-1-13-7-18(13)33(14)21/h3-6,8-9,13-14,18H,1-2,7,10-11H2. The molecule has 0 spiro atoms. The van der Waals surface area contributed by atoms with Gasteiger partial charge in [-0.2, -0.15) is 18.2 Å². The molecule has 3 aliphatic rings. The van der Waals surface area contributed by atoms with Crippen molar-refractivity contribution in [3.8, 4) is 17.4 Å². The number of benzene rings is 1. The lowest BCUT2D eigenvalue weighted by atomic mass is 10.0. The highest BCUT2D eigenvalue weighted by molar-refractivity contribution is 5.51. The van der Waals surface area contributed by atoms with Crippen LogP contribution in [-0.2, 0) is 19.3 Å². The molecule has 2 fully saturated rings. The summed E-state index contributed by atoms with van der Waals surface area (Å²) in [5.41, 5.74) is -1.61. The molecule has 7 nitrogen and oxygen atoms in total. The molecule has 3 unspecified atom stereocenters. The zero-order valence-electron chi connectivity index (χ0n) is 18.6. The quantitative estimate of drug-likeness (QED) is 0.469. The number of aromatic nitrogens is 3. The summed E-state index contributed by atoms with van der Waals surface area (Å²) in [6.07, 6.45) is -0.624. The fraction of sp³-hybridized carbons (Fsp3) is 0.375. The van der Waals surface area contributed by atoms with Crippen LogP contribution < -0.4 is 20.1 Å². The van der Waals surface area contributed by atoms with Crippen LogP contribution in [-0.4, -0.2) is 26.6 Å². The van der Waals surface area contributed by atoms with E-state index in [9.17, 15) is 26.7 Å². The zero-order chi connectivity index (χ0) is 25.2. The minimum atomic E-state index is -4.74. The zero-order valence-corrected chi connectivity index (χ0v) is 18.6. The van der Waals surface area contributed by atoms with Crippen molar-refractivity contribution in [2.45, 2.75) is 50.7 Å². The topological polar surface area (TPSA) is 69.5 Å². The molecule has 12 heteroatoms. The molecule has 0 bridgehead atoms. The molecule has 1 saturated heterocycles. The first-order valence-corrected chi connectivity index (χ1v) is 11.4. The molecule has 36 heavy (non-hydrogen) atoms. The molecule has 1 saturated carbocycles. The van der Waals surface area contributed by atoms with Gasteiger partial charge >= 0.3 is 11.9 Å². The van der Waals surface area contributed by atoms with E-state index in [-0.39, 0.29) is 24.1 Å². The van der Waals surface area contributed by atoms with Crippen LogP contribution in [0, 0.1) is 17.6 Å². The van der Waals surface area contributed by atoms with Gasteiger partial charge in [0.25, 0.3) is 0 Å². The number of hydrogen-bond donors (Lipinski definition) is 0. The first kappa shape index (κ1) is 22.7. The predicted molar refractivity (Wildman–Crippen MR) is 116 cm³/mol. The van der Waals surface area contributed by atoms with Crippen LogP contribution >= 0.6 is 0 Å². The maximum absolute atomic E-state index is 14.6. The lowest BCUT2D eigenvalue weighted by Gasteiger charge is -2.30. The van der Waals surface area contributed by atoms with Gasteiger partial charge in [-0.05, 0) is 48.9 Å². The molecule has 6 rings (SSSR count). The average molecular weight is 506 g/mol. The van der Waals surface area contributed by atoms with Gasteiger partial charge in [-0.1, -0.05) is 0 Å². The van der Waals surface area contributed by atoms with Gasteiger partial charge in [-0.3, -0.25) is 9.55 Å². The Hall–Kier alpha value is -3.70. The molecule has 2 aromatic heterocycles. The van der Waals surface area contributed by atoms with Crippen molar-refractivity contribution < 1.29 is 31.4 Å². The van der Waals surface area contributed by atoms with Crippen LogP contribution in [0.15, 0.2) is 41.3 Å². The van der Waals surface area contributed by atoms with Gasteiger partial charge in [0.05, 0.1) is 0 Å². The fourth-order valence-corrected chi connectivity index (χ4v) is 5.08. The summed E-state index contributed by atoms with van der Waals surface area (Å²) in [6.45, 7) is 0.303. The molecular weight excluding hydrogens is 487 g/mol. The summed E-state index contributed by atoms with van der Waals surface area (Å²) in [5.74, 6) is -2.09. The van der Waals surface area contributed by atoms with Gasteiger partial charge in [-0.25, -0.2) is 13.6 Å². The lowest BCUT2D eigenvalue weighted by molar-refractivity contribution is -0.141. The summed E-state index contributed by atoms with van der Waals surface area (Å²) in [6, 6.07) is 5.86. The normalized spacial score (nSPS) is 22.0. The molecule has 188 valence electrons. The largest absolute Gasteiger partial charge is 0.473 e. The maximum Gasteiger partial charge on any atom is 0.433 e. The minimum Gasteiger partial charge on any atom is -0.473 e.